The van der Waals surface area contributed by atoms with E-state index >= 15 is 0 Å². The number of carbonyl (C=O) groups is 2. The fourth-order valence-electron chi connectivity index (χ4n) is 4.98. The number of piperazine rings is 1. The van der Waals surface area contributed by atoms with Gasteiger partial charge in [0.1, 0.15) is 6.04 Å². The maximum atomic E-state index is 13.8. The number of carbonyl (C=O) groups excluding carboxylic acids is 2. The molecule has 1 saturated heterocycles. The van der Waals surface area contributed by atoms with Crippen LogP contribution in [0.15, 0.2) is 79.0 Å². The molecule has 1 aliphatic heterocycles. The van der Waals surface area contributed by atoms with E-state index in [1.54, 1.807) is 35.4 Å². The predicted octanol–water partition coefficient (Wildman–Crippen LogP) is 3.88. The van der Waals surface area contributed by atoms with Gasteiger partial charge in [0.2, 0.25) is 15.9 Å². The van der Waals surface area contributed by atoms with Crippen molar-refractivity contribution in [2.45, 2.75) is 12.5 Å². The summed E-state index contributed by atoms with van der Waals surface area (Å²) in [4.78, 5) is 34.1. The molecule has 5 rings (SSSR count). The summed E-state index contributed by atoms with van der Waals surface area (Å²) in [7, 11) is -3.44. The second-order valence-electron chi connectivity index (χ2n) is 9.81. The summed E-state index contributed by atoms with van der Waals surface area (Å²) in [5.41, 5.74) is 3.45. The van der Waals surface area contributed by atoms with E-state index in [9.17, 15) is 18.0 Å². The molecule has 4 aromatic rings. The van der Waals surface area contributed by atoms with E-state index in [2.05, 4.69) is 19.9 Å². The highest BCUT2D eigenvalue weighted by atomic mass is 35.5. The van der Waals surface area contributed by atoms with Crippen molar-refractivity contribution in [1.29, 1.82) is 0 Å². The lowest BCUT2D eigenvalue weighted by Crippen LogP contribution is -2.55. The third-order valence-electron chi connectivity index (χ3n) is 6.92. The van der Waals surface area contributed by atoms with Crippen molar-refractivity contribution in [3.05, 3.63) is 95.1 Å². The van der Waals surface area contributed by atoms with Crippen molar-refractivity contribution >= 4 is 55.7 Å². The van der Waals surface area contributed by atoms with Crippen LogP contribution in [0.1, 0.15) is 15.9 Å². The van der Waals surface area contributed by atoms with Crippen LogP contribution in [-0.4, -0.2) is 68.6 Å². The summed E-state index contributed by atoms with van der Waals surface area (Å²) in [5.74, 6) is -0.505. The first kappa shape index (κ1) is 27.5. The van der Waals surface area contributed by atoms with Gasteiger partial charge in [0, 0.05) is 54.7 Å². The van der Waals surface area contributed by atoms with Gasteiger partial charge in [0.25, 0.3) is 5.91 Å². The van der Waals surface area contributed by atoms with Crippen LogP contribution in [0, 0.1) is 0 Å². The molecule has 0 saturated carbocycles. The molecule has 0 bridgehead atoms. The van der Waals surface area contributed by atoms with Crippen molar-refractivity contribution in [2.24, 2.45) is 0 Å². The van der Waals surface area contributed by atoms with Crippen molar-refractivity contribution < 1.29 is 18.0 Å². The van der Waals surface area contributed by atoms with E-state index in [1.165, 1.54) is 0 Å². The number of benzene rings is 3. The van der Waals surface area contributed by atoms with Gasteiger partial charge >= 0.3 is 0 Å². The largest absolute Gasteiger partial charge is 0.366 e. The van der Waals surface area contributed by atoms with E-state index in [4.69, 9.17) is 11.6 Å². The number of amides is 2. The lowest BCUT2D eigenvalue weighted by atomic mass is 10.0. The Morgan fingerprint density at radius 2 is 1.62 bits per heavy atom. The third kappa shape index (κ3) is 6.40. The van der Waals surface area contributed by atoms with Gasteiger partial charge in [-0.15, -0.1) is 0 Å². The minimum absolute atomic E-state index is 0.176. The Morgan fingerprint density at radius 3 is 2.35 bits per heavy atom. The number of sulfonamides is 1. The zero-order valence-electron chi connectivity index (χ0n) is 21.9. The first-order valence-corrected chi connectivity index (χ1v) is 15.2. The van der Waals surface area contributed by atoms with Crippen LogP contribution in [-0.2, 0) is 21.2 Å². The molecule has 9 nitrogen and oxygen atoms in total. The summed E-state index contributed by atoms with van der Waals surface area (Å²) < 4.78 is 26.2. The van der Waals surface area contributed by atoms with Gasteiger partial charge in [-0.05, 0) is 35.9 Å². The van der Waals surface area contributed by atoms with Crippen LogP contribution < -0.4 is 14.9 Å². The number of anilines is 2. The minimum atomic E-state index is -3.44. The number of nitrogens with zero attached hydrogens (tertiary/aromatic N) is 2. The quantitative estimate of drug-likeness (QED) is 0.293. The van der Waals surface area contributed by atoms with Gasteiger partial charge in [0.05, 0.1) is 23.2 Å². The highest BCUT2D eigenvalue weighted by molar-refractivity contribution is 7.92. The number of para-hydroxylation sites is 3. The summed E-state index contributed by atoms with van der Waals surface area (Å²) >= 11 is 6.06. The standard InChI is InChI=1S/C29H30ClN5O4S/c1-40(38,39)33-25-8-4-5-9-27(25)34-14-16-35(17-15-34)29(37)26(18-20-10-12-21(30)13-11-20)32-28(36)23-19-31-24-7-3-2-6-22(23)24/h2-13,19,26,31,33H,14-18H2,1H3,(H,32,36). The molecule has 1 aliphatic rings. The van der Waals surface area contributed by atoms with E-state index in [-0.39, 0.29) is 11.8 Å². The number of halogens is 1. The number of hydrogen-bond donors (Lipinski definition) is 3. The zero-order valence-corrected chi connectivity index (χ0v) is 23.5. The summed E-state index contributed by atoms with van der Waals surface area (Å²) in [5, 5.41) is 4.35. The van der Waals surface area contributed by atoms with Crippen LogP contribution in [0.3, 0.4) is 0 Å². The topological polar surface area (TPSA) is 115 Å². The molecule has 0 radical (unpaired) electrons. The normalized spacial score (nSPS) is 14.7. The maximum absolute atomic E-state index is 13.8. The van der Waals surface area contributed by atoms with Gasteiger partial charge in [0.15, 0.2) is 0 Å². The lowest BCUT2D eigenvalue weighted by molar-refractivity contribution is -0.133. The van der Waals surface area contributed by atoms with Crippen LogP contribution in [0.5, 0.6) is 0 Å². The van der Waals surface area contributed by atoms with Gasteiger partial charge in [-0.25, -0.2) is 8.42 Å². The van der Waals surface area contributed by atoms with Gasteiger partial charge in [-0.1, -0.05) is 54.1 Å². The van der Waals surface area contributed by atoms with Gasteiger partial charge in [-0.2, -0.15) is 0 Å². The van der Waals surface area contributed by atoms with E-state index in [0.29, 0.717) is 48.9 Å². The van der Waals surface area contributed by atoms with E-state index < -0.39 is 16.1 Å². The highest BCUT2D eigenvalue weighted by Gasteiger charge is 2.30. The van der Waals surface area contributed by atoms with Crippen LogP contribution >= 0.6 is 11.6 Å². The van der Waals surface area contributed by atoms with Gasteiger partial charge < -0.3 is 20.1 Å². The summed E-state index contributed by atoms with van der Waals surface area (Å²) in [6.45, 7) is 1.87. The molecule has 3 aromatic carbocycles. The molecule has 40 heavy (non-hydrogen) atoms. The Bertz CT molecular complexity index is 1630. The minimum Gasteiger partial charge on any atom is -0.366 e. The smallest absolute Gasteiger partial charge is 0.254 e. The van der Waals surface area contributed by atoms with Crippen LogP contribution in [0.2, 0.25) is 5.02 Å². The predicted molar refractivity (Wildman–Crippen MR) is 158 cm³/mol. The fourth-order valence-corrected chi connectivity index (χ4v) is 5.67. The lowest BCUT2D eigenvalue weighted by Gasteiger charge is -2.38. The molecular weight excluding hydrogens is 550 g/mol. The van der Waals surface area contributed by atoms with Crippen molar-refractivity contribution in [3.63, 3.8) is 0 Å². The number of aromatic nitrogens is 1. The average molecular weight is 580 g/mol. The molecule has 1 fully saturated rings. The second kappa shape index (κ2) is 11.6. The first-order chi connectivity index (χ1) is 19.2. The van der Waals surface area contributed by atoms with Gasteiger partial charge in [-0.3, -0.25) is 14.3 Å². The number of aromatic amines is 1. The Kier molecular flexibility index (Phi) is 7.99. The maximum Gasteiger partial charge on any atom is 0.254 e. The molecule has 0 spiro atoms. The number of rotatable bonds is 8. The average Bonchev–Trinajstić information content (AvgIpc) is 3.37. The monoisotopic (exact) mass is 579 g/mol. The van der Waals surface area contributed by atoms with Crippen LogP contribution in [0.25, 0.3) is 10.9 Å². The molecule has 0 aliphatic carbocycles. The van der Waals surface area contributed by atoms with Crippen LogP contribution in [0.4, 0.5) is 11.4 Å². The molecule has 2 amide bonds. The molecule has 208 valence electrons. The highest BCUT2D eigenvalue weighted by Crippen LogP contribution is 2.27. The number of fused-ring (bicyclic) bond motifs is 1. The molecule has 1 atom stereocenters. The summed E-state index contributed by atoms with van der Waals surface area (Å²) in [6.07, 6.45) is 3.09. The Labute approximate surface area is 238 Å². The third-order valence-corrected chi connectivity index (χ3v) is 7.76. The van der Waals surface area contributed by atoms with Crippen molar-refractivity contribution in [3.8, 4) is 0 Å². The van der Waals surface area contributed by atoms with Crippen molar-refractivity contribution in [1.82, 2.24) is 15.2 Å². The SMILES string of the molecule is CS(=O)(=O)Nc1ccccc1N1CCN(C(=O)C(Cc2ccc(Cl)cc2)NC(=O)c2c[nH]c3ccccc23)CC1. The zero-order chi connectivity index (χ0) is 28.3. The number of hydrogen-bond acceptors (Lipinski definition) is 5. The van der Waals surface area contributed by atoms with E-state index in [1.807, 2.05) is 48.5 Å². The Hall–Kier alpha value is -4.02. The molecule has 1 unspecified atom stereocenters. The number of nitrogens with one attached hydrogen (secondary N) is 3. The van der Waals surface area contributed by atoms with E-state index in [0.717, 1.165) is 28.4 Å². The molecule has 3 N–H and O–H groups in total. The number of H-pyrrole nitrogens is 1. The first-order valence-electron chi connectivity index (χ1n) is 12.9. The second-order valence-corrected chi connectivity index (χ2v) is 12.0. The summed E-state index contributed by atoms with van der Waals surface area (Å²) in [6, 6.07) is 21.2. The molecule has 2 heterocycles. The fraction of sp³-hybridized carbons (Fsp3) is 0.241. The Morgan fingerprint density at radius 1 is 0.950 bits per heavy atom. The van der Waals surface area contributed by atoms with Crippen molar-refractivity contribution in [2.75, 3.05) is 42.1 Å². The Balaban J connectivity index is 1.33. The molecular formula is C29H30ClN5O4S. The molecule has 1 aromatic heterocycles. The molecule has 11 heteroatoms.